The van der Waals surface area contributed by atoms with Crippen LogP contribution >= 0.6 is 0 Å². The minimum absolute atomic E-state index is 0.160. The monoisotopic (exact) mass is 409 g/mol. The molecule has 2 amide bonds. The van der Waals surface area contributed by atoms with Crippen LogP contribution in [0.15, 0.2) is 48.5 Å². The Morgan fingerprint density at radius 1 is 0.933 bits per heavy atom. The largest absolute Gasteiger partial charge is 0.478 e. The van der Waals surface area contributed by atoms with Crippen molar-refractivity contribution in [3.8, 4) is 0 Å². The third-order valence-corrected chi connectivity index (χ3v) is 4.31. The van der Waals surface area contributed by atoms with Crippen LogP contribution in [0, 0.1) is 0 Å². The first-order valence-corrected chi connectivity index (χ1v) is 9.28. The molecule has 0 unspecified atom stereocenters. The first-order valence-electron chi connectivity index (χ1n) is 9.28. The van der Waals surface area contributed by atoms with Crippen molar-refractivity contribution in [2.45, 2.75) is 26.4 Å². The van der Waals surface area contributed by atoms with Gasteiger partial charge in [0, 0.05) is 29.3 Å². The van der Waals surface area contributed by atoms with Gasteiger partial charge in [-0.1, -0.05) is 0 Å². The quantitative estimate of drug-likeness (QED) is 0.589. The normalized spacial score (nSPS) is 11.2. The number of ether oxygens (including phenoxy) is 1. The Morgan fingerprint density at radius 2 is 1.53 bits per heavy atom. The van der Waals surface area contributed by atoms with Crippen LogP contribution in [-0.2, 0) is 11.8 Å². The fourth-order valence-electron chi connectivity index (χ4n) is 2.95. The van der Waals surface area contributed by atoms with Gasteiger partial charge in [-0.15, -0.1) is 0 Å². The lowest BCUT2D eigenvalue weighted by Gasteiger charge is -2.19. The summed E-state index contributed by atoms with van der Waals surface area (Å²) in [5, 5.41) is 15.2. The number of benzene rings is 2. The smallest absolute Gasteiger partial charge is 0.412 e. The van der Waals surface area contributed by atoms with Crippen molar-refractivity contribution in [1.82, 2.24) is 4.57 Å². The molecular formula is C22H23N3O5. The van der Waals surface area contributed by atoms with Crippen molar-refractivity contribution >= 4 is 40.2 Å². The van der Waals surface area contributed by atoms with Crippen LogP contribution < -0.4 is 10.6 Å². The molecule has 2 aromatic carbocycles. The van der Waals surface area contributed by atoms with Gasteiger partial charge >= 0.3 is 12.1 Å². The van der Waals surface area contributed by atoms with Gasteiger partial charge in [0.25, 0.3) is 5.91 Å². The molecule has 156 valence electrons. The molecule has 30 heavy (non-hydrogen) atoms. The van der Waals surface area contributed by atoms with Gasteiger partial charge in [0.15, 0.2) is 0 Å². The number of rotatable bonds is 4. The Kier molecular flexibility index (Phi) is 5.51. The first kappa shape index (κ1) is 20.9. The van der Waals surface area contributed by atoms with Crippen LogP contribution in [-0.4, -0.2) is 33.2 Å². The van der Waals surface area contributed by atoms with Crippen molar-refractivity contribution in [3.05, 3.63) is 59.8 Å². The number of anilines is 2. The van der Waals surface area contributed by atoms with Gasteiger partial charge in [-0.25, -0.2) is 9.59 Å². The van der Waals surface area contributed by atoms with E-state index in [9.17, 15) is 14.4 Å². The zero-order valence-corrected chi connectivity index (χ0v) is 17.1. The van der Waals surface area contributed by atoms with Crippen LogP contribution in [0.5, 0.6) is 0 Å². The van der Waals surface area contributed by atoms with E-state index in [1.807, 2.05) is 0 Å². The number of nitrogens with one attached hydrogen (secondary N) is 2. The van der Waals surface area contributed by atoms with Crippen LogP contribution in [0.4, 0.5) is 16.2 Å². The van der Waals surface area contributed by atoms with Crippen molar-refractivity contribution < 1.29 is 24.2 Å². The Bertz CT molecular complexity index is 1120. The number of hydrogen-bond donors (Lipinski definition) is 3. The van der Waals surface area contributed by atoms with Gasteiger partial charge in [-0.05, 0) is 69.3 Å². The topological polar surface area (TPSA) is 110 Å². The Balaban J connectivity index is 1.72. The molecule has 0 aliphatic rings. The summed E-state index contributed by atoms with van der Waals surface area (Å²) in [5.41, 5.74) is 1.79. The predicted molar refractivity (Wildman–Crippen MR) is 114 cm³/mol. The van der Waals surface area contributed by atoms with E-state index in [1.165, 1.54) is 12.1 Å². The van der Waals surface area contributed by atoms with Crippen molar-refractivity contribution in [3.63, 3.8) is 0 Å². The number of carboxylic acid groups (broad SMARTS) is 1. The van der Waals surface area contributed by atoms with Crippen molar-refractivity contribution in [1.29, 1.82) is 0 Å². The highest BCUT2D eigenvalue weighted by Gasteiger charge is 2.17. The highest BCUT2D eigenvalue weighted by atomic mass is 16.6. The molecule has 0 aliphatic heterocycles. The maximum Gasteiger partial charge on any atom is 0.412 e. The minimum atomic E-state index is -1.02. The molecule has 0 spiro atoms. The second-order valence-electron chi connectivity index (χ2n) is 7.83. The van der Waals surface area contributed by atoms with Crippen molar-refractivity contribution in [2.75, 3.05) is 10.6 Å². The van der Waals surface area contributed by atoms with Gasteiger partial charge in [0.1, 0.15) is 11.3 Å². The fraction of sp³-hybridized carbons (Fsp3) is 0.227. The van der Waals surface area contributed by atoms with Gasteiger partial charge < -0.3 is 19.7 Å². The Hall–Kier alpha value is -3.81. The summed E-state index contributed by atoms with van der Waals surface area (Å²) in [5.74, 6) is -1.36. The molecule has 0 atom stereocenters. The average Bonchev–Trinajstić information content (AvgIpc) is 2.98. The molecule has 3 aromatic rings. The summed E-state index contributed by atoms with van der Waals surface area (Å²) in [6.45, 7) is 5.34. The van der Waals surface area contributed by atoms with Crippen LogP contribution in [0.3, 0.4) is 0 Å². The molecule has 0 saturated carbocycles. The average molecular weight is 409 g/mol. The molecular weight excluding hydrogens is 386 g/mol. The Labute approximate surface area is 173 Å². The zero-order chi connectivity index (χ0) is 22.1. The molecule has 0 fully saturated rings. The summed E-state index contributed by atoms with van der Waals surface area (Å²) in [6.07, 6.45) is -0.560. The molecule has 0 saturated heterocycles. The van der Waals surface area contributed by atoms with Crippen LogP contribution in [0.25, 0.3) is 10.9 Å². The second-order valence-corrected chi connectivity index (χ2v) is 7.83. The zero-order valence-electron chi connectivity index (χ0n) is 17.1. The van der Waals surface area contributed by atoms with E-state index >= 15 is 0 Å². The van der Waals surface area contributed by atoms with Gasteiger partial charge in [-0.3, -0.25) is 10.1 Å². The van der Waals surface area contributed by atoms with Crippen LogP contribution in [0.1, 0.15) is 41.6 Å². The van der Waals surface area contributed by atoms with Crippen LogP contribution in [0.2, 0.25) is 0 Å². The van der Waals surface area contributed by atoms with E-state index in [0.29, 0.717) is 22.5 Å². The van der Waals surface area contributed by atoms with Gasteiger partial charge in [-0.2, -0.15) is 0 Å². The number of carbonyl (C=O) groups is 3. The van der Waals surface area contributed by atoms with E-state index in [2.05, 4.69) is 10.6 Å². The third-order valence-electron chi connectivity index (χ3n) is 4.31. The highest BCUT2D eigenvalue weighted by Crippen LogP contribution is 2.22. The summed E-state index contributed by atoms with van der Waals surface area (Å²) < 4.78 is 6.90. The maximum absolute atomic E-state index is 12.7. The summed E-state index contributed by atoms with van der Waals surface area (Å²) in [7, 11) is 1.74. The molecule has 8 nitrogen and oxygen atoms in total. The highest BCUT2D eigenvalue weighted by molar-refractivity contribution is 6.07. The van der Waals surface area contributed by atoms with E-state index < -0.39 is 17.7 Å². The molecule has 0 radical (unpaired) electrons. The number of amides is 2. The third kappa shape index (κ3) is 4.78. The molecule has 3 rings (SSSR count). The van der Waals surface area contributed by atoms with E-state index in [1.54, 1.807) is 68.8 Å². The lowest BCUT2D eigenvalue weighted by atomic mass is 10.1. The van der Waals surface area contributed by atoms with E-state index in [-0.39, 0.29) is 11.5 Å². The number of aromatic carboxylic acids is 1. The molecule has 1 heterocycles. The summed E-state index contributed by atoms with van der Waals surface area (Å²) in [4.78, 5) is 35.7. The molecule has 3 N–H and O–H groups in total. The maximum atomic E-state index is 12.7. The molecule has 8 heteroatoms. The van der Waals surface area contributed by atoms with Crippen molar-refractivity contribution in [2.24, 2.45) is 7.05 Å². The standard InChI is InChI=1S/C22H23N3O5/c1-22(2,3)30-21(29)24-16-8-6-15(7-9-16)23-19(26)18-12-14-11-13(20(27)28)5-10-17(14)25(18)4/h5-12H,1-4H3,(H,23,26)(H,24,29)(H,27,28). The number of fused-ring (bicyclic) bond motifs is 1. The lowest BCUT2D eigenvalue weighted by molar-refractivity contribution is 0.0634. The molecule has 1 aromatic heterocycles. The molecule has 0 aliphatic carbocycles. The SMILES string of the molecule is Cn1c(C(=O)Nc2ccc(NC(=O)OC(C)(C)C)cc2)cc2cc(C(=O)O)ccc21. The van der Waals surface area contributed by atoms with E-state index in [4.69, 9.17) is 9.84 Å². The summed E-state index contributed by atoms with van der Waals surface area (Å²) in [6, 6.07) is 13.0. The molecule has 0 bridgehead atoms. The lowest BCUT2D eigenvalue weighted by Crippen LogP contribution is -2.27. The number of hydrogen-bond acceptors (Lipinski definition) is 4. The minimum Gasteiger partial charge on any atom is -0.478 e. The number of nitrogens with zero attached hydrogens (tertiary/aromatic N) is 1. The number of carboxylic acids is 1. The first-order chi connectivity index (χ1) is 14.0. The predicted octanol–water partition coefficient (Wildman–Crippen LogP) is 4.48. The van der Waals surface area contributed by atoms with E-state index in [0.717, 1.165) is 5.52 Å². The fourth-order valence-corrected chi connectivity index (χ4v) is 2.95. The van der Waals surface area contributed by atoms with Gasteiger partial charge in [0.2, 0.25) is 0 Å². The summed E-state index contributed by atoms with van der Waals surface area (Å²) >= 11 is 0. The van der Waals surface area contributed by atoms with Gasteiger partial charge in [0.05, 0.1) is 5.56 Å². The second kappa shape index (κ2) is 7.90. The Morgan fingerprint density at radius 3 is 2.10 bits per heavy atom. The number of carbonyl (C=O) groups excluding carboxylic acids is 2. The number of aryl methyl sites for hydroxylation is 1. The number of aromatic nitrogens is 1.